The molecule has 0 bridgehead atoms. The van der Waals surface area contributed by atoms with Crippen LogP contribution < -0.4 is 10.6 Å². The molecule has 2 unspecified atom stereocenters. The summed E-state index contributed by atoms with van der Waals surface area (Å²) in [5.74, 6) is -0.876. The zero-order chi connectivity index (χ0) is 22.4. The molecule has 2 N–H and O–H groups in total. The lowest BCUT2D eigenvalue weighted by atomic mass is 9.64. The predicted octanol–water partition coefficient (Wildman–Crippen LogP) is 4.02. The summed E-state index contributed by atoms with van der Waals surface area (Å²) in [6.45, 7) is 5.91. The average molecular weight is 445 g/mol. The first-order valence-corrected chi connectivity index (χ1v) is 11.1. The van der Waals surface area contributed by atoms with E-state index in [9.17, 15) is 18.8 Å². The summed E-state index contributed by atoms with van der Waals surface area (Å²) >= 11 is 1.22. The average Bonchev–Trinajstić information content (AvgIpc) is 3.19. The highest BCUT2D eigenvalue weighted by Gasteiger charge is 2.56. The van der Waals surface area contributed by atoms with Gasteiger partial charge >= 0.3 is 6.03 Å². The van der Waals surface area contributed by atoms with E-state index < -0.39 is 17.5 Å². The Labute approximate surface area is 184 Å². The number of nitrogens with one attached hydrogen (secondary N) is 2. The monoisotopic (exact) mass is 444 g/mol. The molecule has 4 amide bonds. The van der Waals surface area contributed by atoms with Crippen LogP contribution in [-0.4, -0.2) is 39.8 Å². The van der Waals surface area contributed by atoms with Gasteiger partial charge in [0.05, 0.1) is 5.69 Å². The first kappa shape index (κ1) is 21.4. The van der Waals surface area contributed by atoms with E-state index in [1.807, 2.05) is 0 Å². The van der Waals surface area contributed by atoms with Gasteiger partial charge in [0.25, 0.3) is 5.91 Å². The minimum absolute atomic E-state index is 0.0729. The minimum Gasteiger partial charge on any atom is -0.323 e. The Morgan fingerprint density at radius 1 is 1.29 bits per heavy atom. The van der Waals surface area contributed by atoms with E-state index >= 15 is 0 Å². The third kappa shape index (κ3) is 4.32. The number of thiazole rings is 1. The molecule has 1 aliphatic carbocycles. The molecule has 2 aliphatic rings. The van der Waals surface area contributed by atoms with E-state index in [-0.39, 0.29) is 23.7 Å². The fraction of sp³-hybridized carbons (Fsp3) is 0.455. The number of urea groups is 1. The maximum Gasteiger partial charge on any atom is 0.325 e. The first-order valence-electron chi connectivity index (χ1n) is 10.2. The summed E-state index contributed by atoms with van der Waals surface area (Å²) in [6.07, 6.45) is 2.12. The number of amides is 4. The Hall–Kier alpha value is -2.81. The van der Waals surface area contributed by atoms with Crippen LogP contribution in [0.5, 0.6) is 0 Å². The zero-order valence-electron chi connectivity index (χ0n) is 17.7. The highest BCUT2D eigenvalue weighted by atomic mass is 32.1. The Balaban J connectivity index is 1.43. The van der Waals surface area contributed by atoms with Crippen LogP contribution in [0, 0.1) is 17.2 Å². The summed E-state index contributed by atoms with van der Waals surface area (Å²) in [5.41, 5.74) is 0.322. The van der Waals surface area contributed by atoms with Crippen LogP contribution in [0.25, 0.3) is 11.3 Å². The molecule has 7 nitrogen and oxygen atoms in total. The van der Waals surface area contributed by atoms with E-state index in [4.69, 9.17) is 0 Å². The van der Waals surface area contributed by atoms with Crippen molar-refractivity contribution in [1.29, 1.82) is 0 Å². The quantitative estimate of drug-likeness (QED) is 0.697. The molecule has 1 saturated carbocycles. The van der Waals surface area contributed by atoms with Gasteiger partial charge in [0.15, 0.2) is 5.13 Å². The minimum atomic E-state index is -0.935. The van der Waals surface area contributed by atoms with Gasteiger partial charge in [-0.2, -0.15) is 0 Å². The summed E-state index contributed by atoms with van der Waals surface area (Å²) < 4.78 is 13.1. The Kier molecular flexibility index (Phi) is 5.33. The van der Waals surface area contributed by atoms with Crippen LogP contribution in [-0.2, 0) is 9.59 Å². The molecule has 0 radical (unpaired) electrons. The Morgan fingerprint density at radius 3 is 2.68 bits per heavy atom. The molecule has 1 aromatic carbocycles. The van der Waals surface area contributed by atoms with Gasteiger partial charge in [0.2, 0.25) is 5.91 Å². The number of hydrogen-bond acceptors (Lipinski definition) is 5. The number of carbonyl (C=O) groups is 3. The van der Waals surface area contributed by atoms with Crippen molar-refractivity contribution in [3.8, 4) is 11.3 Å². The Bertz CT molecular complexity index is 1040. The van der Waals surface area contributed by atoms with E-state index in [2.05, 4.69) is 36.4 Å². The fourth-order valence-electron chi connectivity index (χ4n) is 5.04. The van der Waals surface area contributed by atoms with Crippen LogP contribution in [0.1, 0.15) is 40.0 Å². The van der Waals surface area contributed by atoms with E-state index in [1.165, 1.54) is 23.5 Å². The molecule has 4 rings (SSSR count). The van der Waals surface area contributed by atoms with Gasteiger partial charge in [0.1, 0.15) is 17.9 Å². The van der Waals surface area contributed by atoms with Crippen molar-refractivity contribution in [3.63, 3.8) is 0 Å². The molecule has 9 heteroatoms. The van der Waals surface area contributed by atoms with Crippen LogP contribution in [0.15, 0.2) is 29.6 Å². The summed E-state index contributed by atoms with van der Waals surface area (Å²) in [6, 6.07) is 5.36. The van der Waals surface area contributed by atoms with Crippen molar-refractivity contribution in [1.82, 2.24) is 15.2 Å². The summed E-state index contributed by atoms with van der Waals surface area (Å²) in [4.78, 5) is 43.6. The predicted molar refractivity (Wildman–Crippen MR) is 116 cm³/mol. The van der Waals surface area contributed by atoms with E-state index in [0.29, 0.717) is 29.6 Å². The zero-order valence-corrected chi connectivity index (χ0v) is 18.5. The van der Waals surface area contributed by atoms with Gasteiger partial charge < -0.3 is 10.6 Å². The molecule has 1 spiro atoms. The van der Waals surface area contributed by atoms with Crippen LogP contribution in [0.2, 0.25) is 0 Å². The number of aromatic nitrogens is 1. The number of rotatable bonds is 4. The van der Waals surface area contributed by atoms with Gasteiger partial charge in [0, 0.05) is 10.9 Å². The van der Waals surface area contributed by atoms with Crippen LogP contribution in [0.3, 0.4) is 0 Å². The van der Waals surface area contributed by atoms with Gasteiger partial charge in [-0.25, -0.2) is 14.2 Å². The normalized spacial score (nSPS) is 25.0. The molecule has 164 valence electrons. The lowest BCUT2D eigenvalue weighted by Gasteiger charge is -2.43. The van der Waals surface area contributed by atoms with Crippen molar-refractivity contribution < 1.29 is 18.8 Å². The topological polar surface area (TPSA) is 91.4 Å². The Morgan fingerprint density at radius 2 is 2.00 bits per heavy atom. The third-order valence-corrected chi connectivity index (χ3v) is 6.57. The highest BCUT2D eigenvalue weighted by molar-refractivity contribution is 7.14. The standard InChI is InChI=1S/C22H25FN4O3S/c1-13-8-21(2,3)12-22(9-13)18(29)27(20(30)26-22)10-17(28)25-19-24-16(11-31-19)14-4-6-15(23)7-5-14/h4-7,11,13H,8-10,12H2,1-3H3,(H,26,30)(H,24,25,28). The van der Waals surface area contributed by atoms with Gasteiger partial charge in [-0.15, -0.1) is 11.3 Å². The van der Waals surface area contributed by atoms with Crippen molar-refractivity contribution in [2.24, 2.45) is 11.3 Å². The molecule has 2 aromatic rings. The number of halogens is 1. The lowest BCUT2D eigenvalue weighted by Crippen LogP contribution is -2.54. The molecule has 1 aromatic heterocycles. The number of anilines is 1. The second-order valence-electron chi connectivity index (χ2n) is 9.35. The number of benzene rings is 1. The van der Waals surface area contributed by atoms with Crippen LogP contribution >= 0.6 is 11.3 Å². The number of carbonyl (C=O) groups excluding carboxylic acids is 3. The SMILES string of the molecule is CC1CC(C)(C)CC2(C1)NC(=O)N(CC(=O)Nc1nc(-c3ccc(F)cc3)cs1)C2=O. The maximum atomic E-state index is 13.1. The van der Waals surface area contributed by atoms with E-state index in [1.54, 1.807) is 17.5 Å². The number of nitrogens with zero attached hydrogens (tertiary/aromatic N) is 2. The van der Waals surface area contributed by atoms with Crippen molar-refractivity contribution in [2.45, 2.75) is 45.6 Å². The smallest absolute Gasteiger partial charge is 0.323 e. The van der Waals surface area contributed by atoms with Crippen molar-refractivity contribution in [3.05, 3.63) is 35.5 Å². The molecular formula is C22H25FN4O3S. The number of hydrogen-bond donors (Lipinski definition) is 2. The third-order valence-electron chi connectivity index (χ3n) is 5.82. The van der Waals surface area contributed by atoms with Gasteiger partial charge in [-0.3, -0.25) is 14.5 Å². The lowest BCUT2D eigenvalue weighted by molar-refractivity contribution is -0.136. The first-order chi connectivity index (χ1) is 14.6. The van der Waals surface area contributed by atoms with E-state index in [0.717, 1.165) is 16.9 Å². The molecule has 2 fully saturated rings. The van der Waals surface area contributed by atoms with Crippen molar-refractivity contribution in [2.75, 3.05) is 11.9 Å². The van der Waals surface area contributed by atoms with Crippen LogP contribution in [0.4, 0.5) is 14.3 Å². The van der Waals surface area contributed by atoms with Gasteiger partial charge in [-0.1, -0.05) is 20.8 Å². The highest BCUT2D eigenvalue weighted by Crippen LogP contribution is 2.46. The molecule has 1 aliphatic heterocycles. The summed E-state index contributed by atoms with van der Waals surface area (Å²) in [5, 5.41) is 7.61. The summed E-state index contributed by atoms with van der Waals surface area (Å²) in [7, 11) is 0. The molecule has 2 atom stereocenters. The second-order valence-corrected chi connectivity index (χ2v) is 10.2. The maximum absolute atomic E-state index is 13.1. The number of imide groups is 1. The molecular weight excluding hydrogens is 419 g/mol. The van der Waals surface area contributed by atoms with Crippen molar-refractivity contribution >= 4 is 34.3 Å². The molecule has 2 heterocycles. The van der Waals surface area contributed by atoms with Gasteiger partial charge in [-0.05, 0) is 54.9 Å². The molecule has 1 saturated heterocycles. The molecule has 31 heavy (non-hydrogen) atoms. The second kappa shape index (κ2) is 7.71. The fourth-order valence-corrected chi connectivity index (χ4v) is 5.77. The largest absolute Gasteiger partial charge is 0.325 e.